The van der Waals surface area contributed by atoms with Crippen molar-refractivity contribution in [2.75, 3.05) is 19.7 Å². The van der Waals surface area contributed by atoms with E-state index >= 15 is 0 Å². The molecule has 3 aromatic rings. The molecule has 4 rings (SSSR count). The number of aromatic nitrogens is 1. The summed E-state index contributed by atoms with van der Waals surface area (Å²) in [6.07, 6.45) is -0.660. The van der Waals surface area contributed by atoms with Crippen molar-refractivity contribution in [2.24, 2.45) is 13.0 Å². The molecule has 9 heteroatoms. The van der Waals surface area contributed by atoms with Gasteiger partial charge in [0.1, 0.15) is 18.0 Å². The monoisotopic (exact) mass is 452 g/mol. The Balaban J connectivity index is 1.47. The van der Waals surface area contributed by atoms with Crippen LogP contribution in [0, 0.1) is 23.1 Å². The van der Waals surface area contributed by atoms with Crippen LogP contribution >= 0.6 is 0 Å². The van der Waals surface area contributed by atoms with E-state index in [0.29, 0.717) is 41.3 Å². The van der Waals surface area contributed by atoms with Crippen molar-refractivity contribution < 1.29 is 18.3 Å². The minimum absolute atomic E-state index is 0.0279. The van der Waals surface area contributed by atoms with Crippen molar-refractivity contribution in [1.29, 1.82) is 5.26 Å². The van der Waals surface area contributed by atoms with Crippen molar-refractivity contribution in [3.63, 3.8) is 0 Å². The second-order valence-electron chi connectivity index (χ2n) is 8.40. The molecule has 2 aromatic carbocycles. The lowest BCUT2D eigenvalue weighted by Crippen LogP contribution is -2.46. The summed E-state index contributed by atoms with van der Waals surface area (Å²) in [5.41, 5.74) is 2.73. The number of fused-ring (bicyclic) bond motifs is 1. The van der Waals surface area contributed by atoms with Gasteiger partial charge < -0.3 is 19.8 Å². The van der Waals surface area contributed by atoms with Crippen LogP contribution in [0.15, 0.2) is 45.6 Å². The molecule has 1 aromatic heterocycles. The van der Waals surface area contributed by atoms with Gasteiger partial charge in [0.25, 0.3) is 5.91 Å². The zero-order chi connectivity index (χ0) is 23.5. The number of rotatable bonds is 5. The Morgan fingerprint density at radius 3 is 2.82 bits per heavy atom. The molecule has 2 heterocycles. The van der Waals surface area contributed by atoms with E-state index in [1.165, 1.54) is 10.6 Å². The minimum atomic E-state index is -0.890. The number of ether oxygens (including phenoxy) is 1. The molecule has 2 N–H and O–H groups in total. The predicted molar refractivity (Wildman–Crippen MR) is 120 cm³/mol. The SMILES string of the molecule is C[C@@H]1CNC[C@@H](C(=O)N[C@H](C#N)Cc2ccc(-c3ccc4oc(=O)n(C)c4c3)cc2F)OC1. The molecule has 3 atom stereocenters. The second kappa shape index (κ2) is 9.57. The van der Waals surface area contributed by atoms with Gasteiger partial charge in [-0.2, -0.15) is 5.26 Å². The maximum Gasteiger partial charge on any atom is 0.419 e. The summed E-state index contributed by atoms with van der Waals surface area (Å²) in [5, 5.41) is 15.3. The number of nitrogens with one attached hydrogen (secondary N) is 2. The normalized spacial score (nSPS) is 19.6. The summed E-state index contributed by atoms with van der Waals surface area (Å²) < 4.78 is 27.0. The lowest BCUT2D eigenvalue weighted by Gasteiger charge is -2.18. The van der Waals surface area contributed by atoms with E-state index < -0.39 is 23.7 Å². The Labute approximate surface area is 189 Å². The first-order valence-corrected chi connectivity index (χ1v) is 10.8. The molecule has 0 saturated carbocycles. The highest BCUT2D eigenvalue weighted by molar-refractivity contribution is 5.82. The molecule has 0 radical (unpaired) electrons. The molecule has 0 spiro atoms. The molecule has 0 aliphatic carbocycles. The van der Waals surface area contributed by atoms with E-state index in [9.17, 15) is 19.2 Å². The highest BCUT2D eigenvalue weighted by Crippen LogP contribution is 2.26. The van der Waals surface area contributed by atoms with Crippen molar-refractivity contribution in [1.82, 2.24) is 15.2 Å². The third-order valence-corrected chi connectivity index (χ3v) is 5.77. The Morgan fingerprint density at radius 1 is 1.30 bits per heavy atom. The van der Waals surface area contributed by atoms with Gasteiger partial charge in [0.2, 0.25) is 0 Å². The van der Waals surface area contributed by atoms with E-state index in [-0.39, 0.29) is 12.3 Å². The van der Waals surface area contributed by atoms with Gasteiger partial charge in [-0.05, 0) is 40.8 Å². The molecule has 8 nitrogen and oxygen atoms in total. The van der Waals surface area contributed by atoms with Gasteiger partial charge in [0.05, 0.1) is 18.2 Å². The first-order valence-electron chi connectivity index (χ1n) is 10.8. The summed E-state index contributed by atoms with van der Waals surface area (Å²) >= 11 is 0. The highest BCUT2D eigenvalue weighted by atomic mass is 19.1. The second-order valence-corrected chi connectivity index (χ2v) is 8.40. The molecule has 1 amide bonds. The van der Waals surface area contributed by atoms with E-state index in [2.05, 4.69) is 10.6 Å². The van der Waals surface area contributed by atoms with Crippen LogP contribution in [0.25, 0.3) is 22.2 Å². The van der Waals surface area contributed by atoms with Gasteiger partial charge in [-0.15, -0.1) is 0 Å². The first kappa shape index (κ1) is 22.7. The third kappa shape index (κ3) is 4.97. The van der Waals surface area contributed by atoms with Crippen LogP contribution in [0.4, 0.5) is 4.39 Å². The van der Waals surface area contributed by atoms with E-state index in [1.807, 2.05) is 13.0 Å². The average Bonchev–Trinajstić information content (AvgIpc) is 2.95. The lowest BCUT2D eigenvalue weighted by atomic mass is 10.00. The standard InChI is InChI=1S/C24H25FN4O4/c1-14-11-27-12-22(32-13-14)23(30)28-18(10-26)7-17-4-3-15(8-19(17)25)16-5-6-21-20(9-16)29(2)24(31)33-21/h3-6,8-9,14,18,22,27H,7,11-13H2,1-2H3,(H,28,30)/t14-,18+,22+/m1/s1. The van der Waals surface area contributed by atoms with Gasteiger partial charge in [-0.1, -0.05) is 25.1 Å². The fourth-order valence-electron chi connectivity index (χ4n) is 3.84. The molecule has 1 fully saturated rings. The number of amides is 1. The van der Waals surface area contributed by atoms with Crippen LogP contribution < -0.4 is 16.4 Å². The largest absolute Gasteiger partial charge is 0.419 e. The number of benzene rings is 2. The molecule has 0 bridgehead atoms. The van der Waals surface area contributed by atoms with Gasteiger partial charge in [-0.25, -0.2) is 9.18 Å². The van der Waals surface area contributed by atoms with Crippen molar-refractivity contribution >= 4 is 17.0 Å². The molecule has 33 heavy (non-hydrogen) atoms. The predicted octanol–water partition coefficient (Wildman–Crippen LogP) is 2.11. The van der Waals surface area contributed by atoms with Crippen molar-refractivity contribution in [3.8, 4) is 17.2 Å². The van der Waals surface area contributed by atoms with Gasteiger partial charge >= 0.3 is 5.76 Å². The summed E-state index contributed by atoms with van der Waals surface area (Å²) in [6, 6.07) is 11.0. The fraction of sp³-hybridized carbons (Fsp3) is 0.375. The number of halogens is 1. The topological polar surface area (TPSA) is 109 Å². The average molecular weight is 452 g/mol. The zero-order valence-corrected chi connectivity index (χ0v) is 18.4. The zero-order valence-electron chi connectivity index (χ0n) is 18.4. The van der Waals surface area contributed by atoms with Crippen LogP contribution in [0.3, 0.4) is 0 Å². The molecule has 172 valence electrons. The van der Waals surface area contributed by atoms with E-state index in [0.717, 1.165) is 12.1 Å². The lowest BCUT2D eigenvalue weighted by molar-refractivity contribution is -0.132. The van der Waals surface area contributed by atoms with E-state index in [1.54, 1.807) is 37.4 Å². The van der Waals surface area contributed by atoms with Gasteiger partial charge in [0.15, 0.2) is 5.58 Å². The number of oxazole rings is 1. The Bertz CT molecular complexity index is 1280. The fourth-order valence-corrected chi connectivity index (χ4v) is 3.84. The maximum atomic E-state index is 14.9. The molecule has 1 aliphatic heterocycles. The number of carbonyl (C=O) groups is 1. The van der Waals surface area contributed by atoms with Crippen LogP contribution in [0.5, 0.6) is 0 Å². The Hall–Kier alpha value is -3.48. The van der Waals surface area contributed by atoms with Crippen LogP contribution in [-0.2, 0) is 23.0 Å². The first-order chi connectivity index (χ1) is 15.9. The number of hydrogen-bond acceptors (Lipinski definition) is 6. The number of aryl methyl sites for hydroxylation is 1. The maximum absolute atomic E-state index is 14.9. The van der Waals surface area contributed by atoms with Crippen molar-refractivity contribution in [2.45, 2.75) is 25.5 Å². The van der Waals surface area contributed by atoms with Gasteiger partial charge in [-0.3, -0.25) is 9.36 Å². The van der Waals surface area contributed by atoms with Gasteiger partial charge in [0, 0.05) is 26.6 Å². The summed E-state index contributed by atoms with van der Waals surface area (Å²) in [7, 11) is 1.61. The number of nitrogens with zero attached hydrogens (tertiary/aromatic N) is 2. The molecule has 1 aliphatic rings. The summed E-state index contributed by atoms with van der Waals surface area (Å²) in [5.74, 6) is -1.04. The number of nitriles is 1. The molecule has 1 saturated heterocycles. The Kier molecular flexibility index (Phi) is 6.58. The molecular formula is C24H25FN4O4. The Morgan fingerprint density at radius 2 is 2.06 bits per heavy atom. The highest BCUT2D eigenvalue weighted by Gasteiger charge is 2.25. The minimum Gasteiger partial charge on any atom is -0.408 e. The summed E-state index contributed by atoms with van der Waals surface area (Å²) in [4.78, 5) is 24.2. The third-order valence-electron chi connectivity index (χ3n) is 5.77. The molecule has 0 unspecified atom stereocenters. The van der Waals surface area contributed by atoms with Crippen LogP contribution in [0.1, 0.15) is 12.5 Å². The molecular weight excluding hydrogens is 427 g/mol. The van der Waals surface area contributed by atoms with Crippen LogP contribution in [0.2, 0.25) is 0 Å². The van der Waals surface area contributed by atoms with E-state index in [4.69, 9.17) is 9.15 Å². The van der Waals surface area contributed by atoms with Crippen LogP contribution in [-0.4, -0.2) is 42.3 Å². The summed E-state index contributed by atoms with van der Waals surface area (Å²) in [6.45, 7) is 3.60. The van der Waals surface area contributed by atoms with Crippen molar-refractivity contribution in [3.05, 3.63) is 58.3 Å². The smallest absolute Gasteiger partial charge is 0.408 e. The number of hydrogen-bond donors (Lipinski definition) is 2. The number of carbonyl (C=O) groups excluding carboxylic acids is 1. The quantitative estimate of drug-likeness (QED) is 0.614.